The Morgan fingerprint density at radius 3 is 2.10 bits per heavy atom. The predicted molar refractivity (Wildman–Crippen MR) is 122 cm³/mol. The molecule has 0 atom stereocenters. The monoisotopic (exact) mass is 412 g/mol. The third-order valence-corrected chi connectivity index (χ3v) is 4.48. The molecule has 0 aliphatic rings. The van der Waals surface area contributed by atoms with E-state index < -0.39 is 0 Å². The molecule has 0 fully saturated rings. The highest BCUT2D eigenvalue weighted by Crippen LogP contribution is 2.20. The highest BCUT2D eigenvalue weighted by Gasteiger charge is 2.03. The molecule has 0 saturated carbocycles. The lowest BCUT2D eigenvalue weighted by atomic mass is 10.2. The molecule has 0 aliphatic heterocycles. The first-order chi connectivity index (χ1) is 14.8. The van der Waals surface area contributed by atoms with Gasteiger partial charge in [0.25, 0.3) is 0 Å². The largest absolute Gasteiger partial charge is 0.494 e. The molecule has 0 amide bonds. The minimum Gasteiger partial charge on any atom is -0.494 e. The Morgan fingerprint density at radius 2 is 1.40 bits per heavy atom. The molecule has 5 nitrogen and oxygen atoms in total. The van der Waals surface area contributed by atoms with E-state index in [1.807, 2.05) is 24.3 Å². The van der Waals surface area contributed by atoms with E-state index in [1.54, 1.807) is 12.4 Å². The van der Waals surface area contributed by atoms with Crippen molar-refractivity contribution >= 4 is 0 Å². The highest BCUT2D eigenvalue weighted by atomic mass is 16.5. The zero-order valence-corrected chi connectivity index (χ0v) is 18.5. The van der Waals surface area contributed by atoms with E-state index in [9.17, 15) is 0 Å². The van der Waals surface area contributed by atoms with Gasteiger partial charge in [0.05, 0.1) is 25.6 Å². The van der Waals surface area contributed by atoms with Crippen LogP contribution in [-0.4, -0.2) is 36.4 Å². The summed E-state index contributed by atoms with van der Waals surface area (Å²) in [4.78, 5) is 8.84. The van der Waals surface area contributed by atoms with Gasteiger partial charge in [-0.05, 0) is 69.2 Å². The normalized spacial score (nSPS) is 11.1. The Labute approximate surface area is 181 Å². The van der Waals surface area contributed by atoms with Gasteiger partial charge in [-0.15, -0.1) is 0 Å². The van der Waals surface area contributed by atoms with Crippen LogP contribution in [0.3, 0.4) is 0 Å². The van der Waals surface area contributed by atoms with Crippen LogP contribution >= 0.6 is 0 Å². The number of hydrogen-bond donors (Lipinski definition) is 0. The molecule has 5 heteroatoms. The summed E-state index contributed by atoms with van der Waals surface area (Å²) in [6.45, 7) is 7.29. The molecule has 1 heterocycles. The third-order valence-electron chi connectivity index (χ3n) is 4.48. The number of benzene rings is 1. The van der Waals surface area contributed by atoms with Gasteiger partial charge in [0, 0.05) is 18.8 Å². The second kappa shape index (κ2) is 15.4. The van der Waals surface area contributed by atoms with Crippen molar-refractivity contribution < 1.29 is 14.2 Å². The van der Waals surface area contributed by atoms with E-state index in [2.05, 4.69) is 36.0 Å². The van der Waals surface area contributed by atoms with Crippen molar-refractivity contribution in [2.24, 2.45) is 0 Å². The maximum Gasteiger partial charge on any atom is 0.159 e. The molecule has 0 aliphatic carbocycles. The van der Waals surface area contributed by atoms with E-state index in [4.69, 9.17) is 14.2 Å². The summed E-state index contributed by atoms with van der Waals surface area (Å²) in [5.74, 6) is 2.26. The van der Waals surface area contributed by atoms with Gasteiger partial charge < -0.3 is 14.2 Å². The van der Waals surface area contributed by atoms with Crippen LogP contribution in [0.1, 0.15) is 58.8 Å². The second-order valence-electron chi connectivity index (χ2n) is 7.16. The Morgan fingerprint density at radius 1 is 0.733 bits per heavy atom. The van der Waals surface area contributed by atoms with Crippen molar-refractivity contribution in [2.45, 2.75) is 58.8 Å². The standard InChI is InChI=1S/C25H36N2O3/c1-3-5-6-7-8-9-18-29-23-14-12-22(13-15-23)25-26-20-24(21-27-25)30-19-11-10-17-28-16-4-2/h5-6,12-15,20-21H,3-4,7-11,16-19H2,1-2H3. The fraction of sp³-hybridized carbons (Fsp3) is 0.520. The molecule has 0 radical (unpaired) electrons. The Hall–Kier alpha value is -2.40. The fourth-order valence-corrected chi connectivity index (χ4v) is 2.82. The number of nitrogens with zero attached hydrogens (tertiary/aromatic N) is 2. The minimum absolute atomic E-state index is 0.652. The lowest BCUT2D eigenvalue weighted by Crippen LogP contribution is -2.02. The molecule has 0 bridgehead atoms. The molecule has 1 aromatic carbocycles. The maximum absolute atomic E-state index is 5.81. The van der Waals surface area contributed by atoms with E-state index in [0.717, 1.165) is 76.1 Å². The lowest BCUT2D eigenvalue weighted by Gasteiger charge is -2.08. The Balaban J connectivity index is 1.67. The Kier molecular flexibility index (Phi) is 12.3. The van der Waals surface area contributed by atoms with Gasteiger partial charge in [0.15, 0.2) is 11.6 Å². The van der Waals surface area contributed by atoms with Gasteiger partial charge in [-0.3, -0.25) is 0 Å². The van der Waals surface area contributed by atoms with E-state index >= 15 is 0 Å². The van der Waals surface area contributed by atoms with Crippen LogP contribution < -0.4 is 9.47 Å². The number of hydrogen-bond acceptors (Lipinski definition) is 5. The molecule has 0 N–H and O–H groups in total. The molecule has 0 spiro atoms. The molecule has 0 unspecified atom stereocenters. The lowest BCUT2D eigenvalue weighted by molar-refractivity contribution is 0.127. The summed E-state index contributed by atoms with van der Waals surface area (Å²) < 4.78 is 17.0. The summed E-state index contributed by atoms with van der Waals surface area (Å²) in [5.41, 5.74) is 0.965. The smallest absolute Gasteiger partial charge is 0.159 e. The molecule has 164 valence electrons. The molecular formula is C25H36N2O3. The van der Waals surface area contributed by atoms with Crippen LogP contribution in [0.5, 0.6) is 11.5 Å². The first-order valence-electron chi connectivity index (χ1n) is 11.2. The summed E-state index contributed by atoms with van der Waals surface area (Å²) in [5, 5.41) is 0. The van der Waals surface area contributed by atoms with Crippen molar-refractivity contribution in [3.8, 4) is 22.9 Å². The number of rotatable bonds is 16. The van der Waals surface area contributed by atoms with Gasteiger partial charge >= 0.3 is 0 Å². The highest BCUT2D eigenvalue weighted by molar-refractivity contribution is 5.56. The van der Waals surface area contributed by atoms with E-state index in [1.165, 1.54) is 0 Å². The van der Waals surface area contributed by atoms with Gasteiger partial charge in [-0.25, -0.2) is 9.97 Å². The number of aromatic nitrogens is 2. The number of unbranched alkanes of at least 4 members (excludes halogenated alkanes) is 3. The summed E-state index contributed by atoms with van der Waals surface area (Å²) in [6, 6.07) is 7.93. The van der Waals surface area contributed by atoms with E-state index in [0.29, 0.717) is 18.2 Å². The summed E-state index contributed by atoms with van der Waals surface area (Å²) >= 11 is 0. The quantitative estimate of drug-likeness (QED) is 0.241. The topological polar surface area (TPSA) is 53.5 Å². The van der Waals surface area contributed by atoms with Gasteiger partial charge in [0.1, 0.15) is 5.75 Å². The zero-order chi connectivity index (χ0) is 21.3. The summed E-state index contributed by atoms with van der Waals surface area (Å²) in [7, 11) is 0. The van der Waals surface area contributed by atoms with Crippen LogP contribution in [-0.2, 0) is 4.74 Å². The van der Waals surface area contributed by atoms with Crippen molar-refractivity contribution in [2.75, 3.05) is 26.4 Å². The van der Waals surface area contributed by atoms with Gasteiger partial charge in [0.2, 0.25) is 0 Å². The Bertz CT molecular complexity index is 699. The molecule has 1 aromatic heterocycles. The number of allylic oxidation sites excluding steroid dienone is 2. The molecule has 2 rings (SSSR count). The van der Waals surface area contributed by atoms with Crippen molar-refractivity contribution in [1.82, 2.24) is 9.97 Å². The van der Waals surface area contributed by atoms with Crippen LogP contribution in [0.25, 0.3) is 11.4 Å². The third kappa shape index (κ3) is 9.88. The van der Waals surface area contributed by atoms with Crippen LogP contribution in [0.4, 0.5) is 0 Å². The van der Waals surface area contributed by atoms with Crippen molar-refractivity contribution in [3.63, 3.8) is 0 Å². The maximum atomic E-state index is 5.81. The minimum atomic E-state index is 0.652. The first kappa shape index (κ1) is 23.9. The van der Waals surface area contributed by atoms with Crippen molar-refractivity contribution in [3.05, 3.63) is 48.8 Å². The molecule has 2 aromatic rings. The predicted octanol–water partition coefficient (Wildman–Crippen LogP) is 6.24. The van der Waals surface area contributed by atoms with Gasteiger partial charge in [-0.1, -0.05) is 26.0 Å². The average Bonchev–Trinajstić information content (AvgIpc) is 2.79. The van der Waals surface area contributed by atoms with Crippen molar-refractivity contribution in [1.29, 1.82) is 0 Å². The van der Waals surface area contributed by atoms with Crippen LogP contribution in [0.15, 0.2) is 48.8 Å². The zero-order valence-electron chi connectivity index (χ0n) is 18.5. The van der Waals surface area contributed by atoms with Crippen LogP contribution in [0.2, 0.25) is 0 Å². The van der Waals surface area contributed by atoms with Gasteiger partial charge in [-0.2, -0.15) is 0 Å². The molecule has 30 heavy (non-hydrogen) atoms. The molecular weight excluding hydrogens is 376 g/mol. The SMILES string of the molecule is CCC=CCCCCOc1ccc(-c2ncc(OCCCCOCCC)cn2)cc1. The summed E-state index contributed by atoms with van der Waals surface area (Å²) in [6.07, 6.45) is 15.4. The second-order valence-corrected chi connectivity index (χ2v) is 7.16. The average molecular weight is 413 g/mol. The first-order valence-corrected chi connectivity index (χ1v) is 11.2. The fourth-order valence-electron chi connectivity index (χ4n) is 2.82. The van der Waals surface area contributed by atoms with Crippen LogP contribution in [0, 0.1) is 0 Å². The number of ether oxygens (including phenoxy) is 3. The molecule has 0 saturated heterocycles. The van der Waals surface area contributed by atoms with E-state index in [-0.39, 0.29) is 0 Å².